The second kappa shape index (κ2) is 8.96. The highest BCUT2D eigenvalue weighted by atomic mass is 16.5. The van der Waals surface area contributed by atoms with E-state index < -0.39 is 0 Å². The van der Waals surface area contributed by atoms with Crippen molar-refractivity contribution in [2.45, 2.75) is 39.9 Å². The first-order valence-corrected chi connectivity index (χ1v) is 8.28. The van der Waals surface area contributed by atoms with E-state index in [9.17, 15) is 4.79 Å². The Morgan fingerprint density at radius 2 is 1.75 bits per heavy atom. The minimum atomic E-state index is -0.347. The molecule has 0 amide bonds. The molecular weight excluding hydrogens is 304 g/mol. The Hall–Kier alpha value is -2.49. The van der Waals surface area contributed by atoms with Gasteiger partial charge in [0.25, 0.3) is 0 Å². The molecule has 0 bridgehead atoms. The monoisotopic (exact) mass is 328 g/mol. The fourth-order valence-electron chi connectivity index (χ4n) is 2.09. The molecule has 2 rings (SSSR count). The van der Waals surface area contributed by atoms with E-state index in [1.807, 2.05) is 51.1 Å². The third-order valence-corrected chi connectivity index (χ3v) is 3.60. The third kappa shape index (κ3) is 5.01. The molecule has 2 aromatic carbocycles. The summed E-state index contributed by atoms with van der Waals surface area (Å²) in [6.07, 6.45) is 0.671. The number of hydrogen-bond donors (Lipinski definition) is 0. The van der Waals surface area contributed by atoms with E-state index in [1.165, 1.54) is 0 Å². The van der Waals surface area contributed by atoms with Crippen molar-refractivity contribution in [3.05, 3.63) is 59.7 Å². The molecule has 0 aliphatic rings. The minimum Gasteiger partial charge on any atom is -0.490 e. The second-order valence-electron chi connectivity index (χ2n) is 5.49. The van der Waals surface area contributed by atoms with Gasteiger partial charge in [-0.1, -0.05) is 37.3 Å². The van der Waals surface area contributed by atoms with Crippen LogP contribution >= 0.6 is 0 Å². The molecule has 24 heavy (non-hydrogen) atoms. The molecule has 0 aliphatic carbocycles. The number of benzene rings is 2. The average molecular weight is 328 g/mol. The molecule has 0 N–H and O–H groups in total. The van der Waals surface area contributed by atoms with Crippen molar-refractivity contribution in [3.63, 3.8) is 0 Å². The molecule has 0 aromatic heterocycles. The van der Waals surface area contributed by atoms with Crippen molar-refractivity contribution < 1.29 is 19.0 Å². The minimum absolute atomic E-state index is 0.109. The van der Waals surface area contributed by atoms with Crippen molar-refractivity contribution in [1.82, 2.24) is 0 Å². The van der Waals surface area contributed by atoms with Crippen molar-refractivity contribution in [3.8, 4) is 11.5 Å². The van der Waals surface area contributed by atoms with Crippen LogP contribution in [0.5, 0.6) is 11.5 Å². The Labute approximate surface area is 143 Å². The zero-order chi connectivity index (χ0) is 17.4. The number of hydrogen-bond acceptors (Lipinski definition) is 4. The van der Waals surface area contributed by atoms with Gasteiger partial charge in [-0.15, -0.1) is 0 Å². The van der Waals surface area contributed by atoms with Crippen LogP contribution in [0.3, 0.4) is 0 Å². The maximum absolute atomic E-state index is 12.1. The van der Waals surface area contributed by atoms with Gasteiger partial charge in [0.15, 0.2) is 11.5 Å². The highest BCUT2D eigenvalue weighted by Gasteiger charge is 2.15. The Balaban J connectivity index is 2.12. The van der Waals surface area contributed by atoms with E-state index >= 15 is 0 Å². The van der Waals surface area contributed by atoms with E-state index in [1.54, 1.807) is 18.2 Å². The standard InChI is InChI=1S/C20H24O4/c1-4-15(3)24-20(21)17-11-12-18(19(13-17)22-5-2)23-14-16-9-7-6-8-10-16/h6-13,15H,4-5,14H2,1-3H3. The van der Waals surface area contributed by atoms with Crippen LogP contribution in [-0.4, -0.2) is 18.7 Å². The van der Waals surface area contributed by atoms with Crippen LogP contribution in [0.4, 0.5) is 0 Å². The summed E-state index contributed by atoms with van der Waals surface area (Å²) in [5, 5.41) is 0. The highest BCUT2D eigenvalue weighted by Crippen LogP contribution is 2.29. The fraction of sp³-hybridized carbons (Fsp3) is 0.350. The largest absolute Gasteiger partial charge is 0.490 e. The summed E-state index contributed by atoms with van der Waals surface area (Å²) in [5.74, 6) is 0.813. The molecule has 0 saturated carbocycles. The molecule has 0 saturated heterocycles. The normalized spacial score (nSPS) is 11.6. The highest BCUT2D eigenvalue weighted by molar-refractivity contribution is 5.90. The number of carbonyl (C=O) groups is 1. The van der Waals surface area contributed by atoms with Crippen molar-refractivity contribution in [2.24, 2.45) is 0 Å². The molecule has 2 aromatic rings. The second-order valence-corrected chi connectivity index (χ2v) is 5.49. The molecule has 4 nitrogen and oxygen atoms in total. The first-order chi connectivity index (χ1) is 11.6. The first kappa shape index (κ1) is 17.9. The lowest BCUT2D eigenvalue weighted by Gasteiger charge is -2.14. The lowest BCUT2D eigenvalue weighted by molar-refractivity contribution is 0.0334. The number of ether oxygens (including phenoxy) is 3. The van der Waals surface area contributed by atoms with Gasteiger partial charge in [0.1, 0.15) is 6.61 Å². The zero-order valence-corrected chi connectivity index (χ0v) is 14.5. The van der Waals surface area contributed by atoms with Gasteiger partial charge in [0.2, 0.25) is 0 Å². The van der Waals surface area contributed by atoms with Crippen LogP contribution in [0.25, 0.3) is 0 Å². The molecule has 4 heteroatoms. The van der Waals surface area contributed by atoms with E-state index in [0.29, 0.717) is 30.3 Å². The summed E-state index contributed by atoms with van der Waals surface area (Å²) in [6, 6.07) is 15.0. The van der Waals surface area contributed by atoms with Gasteiger partial charge < -0.3 is 14.2 Å². The molecule has 128 valence electrons. The fourth-order valence-corrected chi connectivity index (χ4v) is 2.09. The molecule has 0 heterocycles. The Morgan fingerprint density at radius 1 is 1.00 bits per heavy atom. The average Bonchev–Trinajstić information content (AvgIpc) is 2.61. The smallest absolute Gasteiger partial charge is 0.338 e. The molecular formula is C20H24O4. The van der Waals surface area contributed by atoms with Gasteiger partial charge in [0.05, 0.1) is 18.3 Å². The molecule has 0 fully saturated rings. The Morgan fingerprint density at radius 3 is 2.42 bits per heavy atom. The predicted molar refractivity (Wildman–Crippen MR) is 93.6 cm³/mol. The maximum atomic E-state index is 12.1. The summed E-state index contributed by atoms with van der Waals surface area (Å²) in [4.78, 5) is 12.1. The first-order valence-electron chi connectivity index (χ1n) is 8.28. The quantitative estimate of drug-likeness (QED) is 0.663. The third-order valence-electron chi connectivity index (χ3n) is 3.60. The number of carbonyl (C=O) groups excluding carboxylic acids is 1. The number of esters is 1. The summed E-state index contributed by atoms with van der Waals surface area (Å²) >= 11 is 0. The van der Waals surface area contributed by atoms with Crippen LogP contribution < -0.4 is 9.47 Å². The van der Waals surface area contributed by atoms with Crippen LogP contribution in [0.2, 0.25) is 0 Å². The van der Waals surface area contributed by atoms with E-state index in [0.717, 1.165) is 12.0 Å². The Bertz CT molecular complexity index is 652. The summed E-state index contributed by atoms with van der Waals surface area (Å²) in [7, 11) is 0. The molecule has 0 aliphatic heterocycles. The number of rotatable bonds is 8. The van der Waals surface area contributed by atoms with Crippen molar-refractivity contribution >= 4 is 5.97 Å². The van der Waals surface area contributed by atoms with Gasteiger partial charge in [-0.2, -0.15) is 0 Å². The molecule has 0 radical (unpaired) electrons. The van der Waals surface area contributed by atoms with Crippen molar-refractivity contribution in [1.29, 1.82) is 0 Å². The van der Waals surface area contributed by atoms with Gasteiger partial charge in [-0.3, -0.25) is 0 Å². The van der Waals surface area contributed by atoms with Gasteiger partial charge in [0, 0.05) is 0 Å². The van der Waals surface area contributed by atoms with Gasteiger partial charge in [-0.05, 0) is 44.0 Å². The van der Waals surface area contributed by atoms with Crippen LogP contribution in [-0.2, 0) is 11.3 Å². The van der Waals surface area contributed by atoms with E-state index in [4.69, 9.17) is 14.2 Å². The van der Waals surface area contributed by atoms with Crippen LogP contribution in [0.15, 0.2) is 48.5 Å². The molecule has 1 atom stereocenters. The van der Waals surface area contributed by atoms with E-state index in [2.05, 4.69) is 0 Å². The van der Waals surface area contributed by atoms with Gasteiger partial charge >= 0.3 is 5.97 Å². The lowest BCUT2D eigenvalue weighted by Crippen LogP contribution is -2.14. The Kier molecular flexibility index (Phi) is 6.67. The zero-order valence-electron chi connectivity index (χ0n) is 14.5. The summed E-state index contributed by atoms with van der Waals surface area (Å²) in [5.41, 5.74) is 1.53. The molecule has 1 unspecified atom stereocenters. The van der Waals surface area contributed by atoms with Gasteiger partial charge in [-0.25, -0.2) is 4.79 Å². The lowest BCUT2D eigenvalue weighted by atomic mass is 10.2. The van der Waals surface area contributed by atoms with Crippen LogP contribution in [0.1, 0.15) is 43.1 Å². The predicted octanol–water partition coefficient (Wildman–Crippen LogP) is 4.62. The topological polar surface area (TPSA) is 44.8 Å². The van der Waals surface area contributed by atoms with E-state index in [-0.39, 0.29) is 12.1 Å². The summed E-state index contributed by atoms with van der Waals surface area (Å²) in [6.45, 7) is 6.68. The van der Waals surface area contributed by atoms with Crippen molar-refractivity contribution in [2.75, 3.05) is 6.61 Å². The SMILES string of the molecule is CCOc1cc(C(=O)OC(C)CC)ccc1OCc1ccccc1. The molecule has 0 spiro atoms. The maximum Gasteiger partial charge on any atom is 0.338 e. The van der Waals surface area contributed by atoms with Crippen LogP contribution in [0, 0.1) is 0 Å². The summed E-state index contributed by atoms with van der Waals surface area (Å²) < 4.78 is 16.8.